The van der Waals surface area contributed by atoms with E-state index in [1.54, 1.807) is 5.37 Å². The Hall–Kier alpha value is -1.22. The van der Waals surface area contributed by atoms with Crippen molar-refractivity contribution >= 4 is 23.6 Å². The van der Waals surface area contributed by atoms with Crippen LogP contribution in [0, 0.1) is 0 Å². The van der Waals surface area contributed by atoms with Gasteiger partial charge in [-0.15, -0.1) is 0 Å². The molecular weight excluding hydrogens is 220 g/mol. The molecule has 0 saturated heterocycles. The molecular formula is C13H16O2S. The second-order valence-electron chi connectivity index (χ2n) is 4.86. The standard InChI is InChI=1S/C13H16O2S/c1-13(2,3)11-5-4-9(7-12(14)15)6-10(11)8-16/h4-6,8H,7H2,1-3H3,(H,14,15). The Morgan fingerprint density at radius 3 is 2.50 bits per heavy atom. The minimum absolute atomic E-state index is 0.0202. The molecule has 0 aromatic heterocycles. The first-order valence-corrected chi connectivity index (χ1v) is 5.62. The number of thiocarbonyl (C=S) groups is 1. The molecule has 0 bridgehead atoms. The van der Waals surface area contributed by atoms with Gasteiger partial charge in [0.15, 0.2) is 0 Å². The first-order valence-electron chi connectivity index (χ1n) is 5.15. The lowest BCUT2D eigenvalue weighted by Crippen LogP contribution is -2.14. The molecule has 0 aliphatic rings. The van der Waals surface area contributed by atoms with Gasteiger partial charge in [0.25, 0.3) is 0 Å². The molecule has 0 heterocycles. The first-order chi connectivity index (χ1) is 7.34. The van der Waals surface area contributed by atoms with Gasteiger partial charge in [-0.3, -0.25) is 4.79 Å². The van der Waals surface area contributed by atoms with Crippen molar-refractivity contribution in [3.05, 3.63) is 34.9 Å². The summed E-state index contributed by atoms with van der Waals surface area (Å²) in [5.74, 6) is -0.821. The van der Waals surface area contributed by atoms with E-state index in [9.17, 15) is 4.79 Å². The Morgan fingerprint density at radius 1 is 1.44 bits per heavy atom. The van der Waals surface area contributed by atoms with Crippen molar-refractivity contribution < 1.29 is 9.90 Å². The highest BCUT2D eigenvalue weighted by Crippen LogP contribution is 2.26. The SMILES string of the molecule is CC(C)(C)c1ccc(CC(=O)O)cc1C=S. The molecule has 0 spiro atoms. The Kier molecular flexibility index (Phi) is 3.81. The van der Waals surface area contributed by atoms with Crippen LogP contribution in [-0.4, -0.2) is 16.4 Å². The summed E-state index contributed by atoms with van der Waals surface area (Å²) in [7, 11) is 0. The number of carbonyl (C=O) groups is 1. The van der Waals surface area contributed by atoms with Gasteiger partial charge in [0.05, 0.1) is 6.42 Å². The Bertz CT molecular complexity index is 416. The highest BCUT2D eigenvalue weighted by atomic mass is 32.1. The highest BCUT2D eigenvalue weighted by molar-refractivity contribution is 7.79. The average molecular weight is 236 g/mol. The molecule has 0 atom stereocenters. The van der Waals surface area contributed by atoms with Crippen molar-refractivity contribution in [2.45, 2.75) is 32.6 Å². The number of carboxylic acid groups (broad SMARTS) is 1. The van der Waals surface area contributed by atoms with Crippen molar-refractivity contribution in [3.63, 3.8) is 0 Å². The van der Waals surface area contributed by atoms with Gasteiger partial charge >= 0.3 is 5.97 Å². The molecule has 1 aromatic rings. The van der Waals surface area contributed by atoms with Gasteiger partial charge in [0.1, 0.15) is 0 Å². The average Bonchev–Trinajstić information content (AvgIpc) is 2.14. The lowest BCUT2D eigenvalue weighted by Gasteiger charge is -2.21. The zero-order valence-electron chi connectivity index (χ0n) is 9.78. The van der Waals surface area contributed by atoms with E-state index >= 15 is 0 Å². The number of benzene rings is 1. The molecule has 0 unspecified atom stereocenters. The molecule has 3 heteroatoms. The van der Waals surface area contributed by atoms with E-state index in [1.807, 2.05) is 18.2 Å². The third-order valence-electron chi connectivity index (χ3n) is 2.41. The van der Waals surface area contributed by atoms with Crippen LogP contribution < -0.4 is 0 Å². The van der Waals surface area contributed by atoms with Crippen LogP contribution in [0.4, 0.5) is 0 Å². The predicted molar refractivity (Wildman–Crippen MR) is 69.2 cm³/mol. The zero-order valence-corrected chi connectivity index (χ0v) is 10.6. The van der Waals surface area contributed by atoms with E-state index in [2.05, 4.69) is 20.8 Å². The second kappa shape index (κ2) is 4.74. The van der Waals surface area contributed by atoms with Crippen LogP contribution in [0.25, 0.3) is 0 Å². The van der Waals surface area contributed by atoms with Crippen LogP contribution >= 0.6 is 12.2 Å². The Balaban J connectivity index is 3.17. The summed E-state index contributed by atoms with van der Waals surface area (Å²) >= 11 is 4.98. The number of rotatable bonds is 3. The summed E-state index contributed by atoms with van der Waals surface area (Å²) in [6.45, 7) is 6.34. The molecule has 0 aliphatic carbocycles. The largest absolute Gasteiger partial charge is 0.481 e. The van der Waals surface area contributed by atoms with Gasteiger partial charge in [0.2, 0.25) is 0 Å². The van der Waals surface area contributed by atoms with E-state index in [0.29, 0.717) is 0 Å². The summed E-state index contributed by atoms with van der Waals surface area (Å²) in [5, 5.41) is 10.3. The molecule has 2 nitrogen and oxygen atoms in total. The van der Waals surface area contributed by atoms with Gasteiger partial charge in [-0.05, 0) is 22.1 Å². The summed E-state index contributed by atoms with van der Waals surface area (Å²) in [6, 6.07) is 5.69. The number of hydrogen-bond acceptors (Lipinski definition) is 2. The van der Waals surface area contributed by atoms with Gasteiger partial charge in [-0.1, -0.05) is 51.2 Å². The van der Waals surface area contributed by atoms with Crippen LogP contribution in [0.15, 0.2) is 18.2 Å². The molecule has 0 saturated carbocycles. The molecule has 0 radical (unpaired) electrons. The molecule has 0 fully saturated rings. The van der Waals surface area contributed by atoms with Gasteiger partial charge in [-0.2, -0.15) is 0 Å². The molecule has 1 N–H and O–H groups in total. The molecule has 0 amide bonds. The maximum atomic E-state index is 10.6. The maximum absolute atomic E-state index is 10.6. The fourth-order valence-electron chi connectivity index (χ4n) is 1.68. The minimum Gasteiger partial charge on any atom is -0.481 e. The third-order valence-corrected chi connectivity index (χ3v) is 2.66. The quantitative estimate of drug-likeness (QED) is 0.820. The Labute approximate surface area is 101 Å². The van der Waals surface area contributed by atoms with E-state index in [1.165, 1.54) is 0 Å². The lowest BCUT2D eigenvalue weighted by molar-refractivity contribution is -0.136. The topological polar surface area (TPSA) is 37.3 Å². The van der Waals surface area contributed by atoms with Crippen molar-refractivity contribution in [1.82, 2.24) is 0 Å². The third kappa shape index (κ3) is 3.14. The fourth-order valence-corrected chi connectivity index (χ4v) is 1.87. The van der Waals surface area contributed by atoms with Crippen molar-refractivity contribution in [2.24, 2.45) is 0 Å². The van der Waals surface area contributed by atoms with Gasteiger partial charge in [0, 0.05) is 5.37 Å². The van der Waals surface area contributed by atoms with E-state index < -0.39 is 5.97 Å². The molecule has 1 rings (SSSR count). The monoisotopic (exact) mass is 236 g/mol. The lowest BCUT2D eigenvalue weighted by atomic mass is 9.83. The fraction of sp³-hybridized carbons (Fsp3) is 0.385. The number of aliphatic carboxylic acids is 1. The summed E-state index contributed by atoms with van der Waals surface area (Å²) in [4.78, 5) is 10.6. The van der Waals surface area contributed by atoms with Gasteiger partial charge < -0.3 is 5.11 Å². The van der Waals surface area contributed by atoms with Gasteiger partial charge in [-0.25, -0.2) is 0 Å². The predicted octanol–water partition coefficient (Wildman–Crippen LogP) is 2.96. The first kappa shape index (κ1) is 12.8. The van der Waals surface area contributed by atoms with Crippen molar-refractivity contribution in [1.29, 1.82) is 0 Å². The van der Waals surface area contributed by atoms with Crippen LogP contribution in [0.3, 0.4) is 0 Å². The number of hydrogen-bond donors (Lipinski definition) is 1. The highest BCUT2D eigenvalue weighted by Gasteiger charge is 2.17. The summed E-state index contributed by atoms with van der Waals surface area (Å²) in [5.41, 5.74) is 2.90. The normalized spacial score (nSPS) is 11.2. The minimum atomic E-state index is -0.821. The van der Waals surface area contributed by atoms with Crippen LogP contribution in [0.2, 0.25) is 0 Å². The molecule has 86 valence electrons. The summed E-state index contributed by atoms with van der Waals surface area (Å²) < 4.78 is 0. The molecule has 0 aliphatic heterocycles. The van der Waals surface area contributed by atoms with E-state index in [4.69, 9.17) is 17.3 Å². The van der Waals surface area contributed by atoms with E-state index in [0.717, 1.165) is 16.7 Å². The van der Waals surface area contributed by atoms with Crippen molar-refractivity contribution in [3.8, 4) is 0 Å². The second-order valence-corrected chi connectivity index (χ2v) is 5.10. The van der Waals surface area contributed by atoms with Crippen LogP contribution in [-0.2, 0) is 16.6 Å². The summed E-state index contributed by atoms with van der Waals surface area (Å²) in [6.07, 6.45) is 0.0423. The van der Waals surface area contributed by atoms with E-state index in [-0.39, 0.29) is 11.8 Å². The molecule has 1 aromatic carbocycles. The molecule has 16 heavy (non-hydrogen) atoms. The van der Waals surface area contributed by atoms with Crippen LogP contribution in [0.5, 0.6) is 0 Å². The zero-order chi connectivity index (χ0) is 12.3. The Morgan fingerprint density at radius 2 is 2.06 bits per heavy atom. The maximum Gasteiger partial charge on any atom is 0.307 e. The van der Waals surface area contributed by atoms with Crippen molar-refractivity contribution in [2.75, 3.05) is 0 Å². The van der Waals surface area contributed by atoms with Crippen LogP contribution in [0.1, 0.15) is 37.5 Å². The smallest absolute Gasteiger partial charge is 0.307 e. The number of carboxylic acids is 1.